The molecule has 92 valence electrons. The van der Waals surface area contributed by atoms with E-state index in [-0.39, 0.29) is 5.97 Å². The van der Waals surface area contributed by atoms with Gasteiger partial charge in [0.15, 0.2) is 0 Å². The van der Waals surface area contributed by atoms with E-state index in [4.69, 9.17) is 4.74 Å². The van der Waals surface area contributed by atoms with Gasteiger partial charge in [0, 0.05) is 12.2 Å². The van der Waals surface area contributed by atoms with Crippen molar-refractivity contribution < 1.29 is 9.53 Å². The first-order valence-electron chi connectivity index (χ1n) is 6.19. The molecule has 0 aromatic heterocycles. The topological polar surface area (TPSA) is 38.3 Å². The van der Waals surface area contributed by atoms with Crippen LogP contribution in [0.25, 0.3) is 0 Å². The van der Waals surface area contributed by atoms with Crippen LogP contribution in [0.3, 0.4) is 0 Å². The Morgan fingerprint density at radius 3 is 2.94 bits per heavy atom. The molecule has 0 spiro atoms. The zero-order valence-corrected chi connectivity index (χ0v) is 10.7. The second-order valence-electron chi connectivity index (χ2n) is 4.47. The number of carbonyl (C=O) groups excluding carboxylic acids is 1. The van der Waals surface area contributed by atoms with E-state index in [1.807, 2.05) is 26.8 Å². The molecule has 0 fully saturated rings. The molecule has 0 atom stereocenters. The van der Waals surface area contributed by atoms with Gasteiger partial charge in [0.1, 0.15) is 0 Å². The largest absolute Gasteiger partial charge is 0.462 e. The maximum Gasteiger partial charge on any atom is 0.338 e. The fourth-order valence-electron chi connectivity index (χ4n) is 2.44. The third-order valence-corrected chi connectivity index (χ3v) is 3.31. The molecule has 3 heteroatoms. The molecule has 0 unspecified atom stereocenters. The molecule has 1 N–H and O–H groups in total. The van der Waals surface area contributed by atoms with Crippen LogP contribution in [0, 0.1) is 13.8 Å². The van der Waals surface area contributed by atoms with Gasteiger partial charge in [0.05, 0.1) is 12.2 Å². The van der Waals surface area contributed by atoms with Gasteiger partial charge in [-0.2, -0.15) is 0 Å². The summed E-state index contributed by atoms with van der Waals surface area (Å²) in [6, 6.07) is 1.94. The summed E-state index contributed by atoms with van der Waals surface area (Å²) in [5.41, 5.74) is 5.40. The number of aryl methyl sites for hydroxylation is 1. The number of benzene rings is 1. The molecule has 0 amide bonds. The fraction of sp³-hybridized carbons (Fsp3) is 0.500. The number of fused-ring (bicyclic) bond motifs is 1. The maximum atomic E-state index is 11.9. The number of carbonyl (C=O) groups is 1. The Hall–Kier alpha value is -1.51. The van der Waals surface area contributed by atoms with Crippen molar-refractivity contribution in [2.45, 2.75) is 33.6 Å². The van der Waals surface area contributed by atoms with Crippen LogP contribution in [0.5, 0.6) is 0 Å². The first-order chi connectivity index (χ1) is 8.15. The van der Waals surface area contributed by atoms with E-state index in [0.717, 1.165) is 30.5 Å². The van der Waals surface area contributed by atoms with Gasteiger partial charge in [-0.25, -0.2) is 4.79 Å². The minimum atomic E-state index is -0.207. The minimum absolute atomic E-state index is 0.207. The summed E-state index contributed by atoms with van der Waals surface area (Å²) in [5.74, 6) is -0.207. The Bertz CT molecular complexity index is 452. The predicted molar refractivity (Wildman–Crippen MR) is 68.7 cm³/mol. The lowest BCUT2D eigenvalue weighted by Gasteiger charge is -2.23. The van der Waals surface area contributed by atoms with Crippen molar-refractivity contribution in [1.29, 1.82) is 0 Å². The molecule has 1 aliphatic heterocycles. The number of anilines is 1. The van der Waals surface area contributed by atoms with Crippen LogP contribution >= 0.6 is 0 Å². The number of nitrogens with one attached hydrogen (secondary N) is 1. The zero-order chi connectivity index (χ0) is 12.4. The highest BCUT2D eigenvalue weighted by molar-refractivity contribution is 5.93. The van der Waals surface area contributed by atoms with E-state index in [1.165, 1.54) is 11.3 Å². The summed E-state index contributed by atoms with van der Waals surface area (Å²) in [4.78, 5) is 11.9. The molecule has 0 saturated heterocycles. The molecular formula is C14H19NO2. The van der Waals surface area contributed by atoms with E-state index >= 15 is 0 Å². The molecule has 1 aromatic rings. The number of rotatable bonds is 2. The summed E-state index contributed by atoms with van der Waals surface area (Å²) in [6.07, 6.45) is 2.17. The molecule has 0 saturated carbocycles. The second kappa shape index (κ2) is 4.78. The van der Waals surface area contributed by atoms with Crippen molar-refractivity contribution in [2.75, 3.05) is 18.5 Å². The van der Waals surface area contributed by atoms with E-state index in [2.05, 4.69) is 5.32 Å². The van der Waals surface area contributed by atoms with E-state index < -0.39 is 0 Å². The summed E-state index contributed by atoms with van der Waals surface area (Å²) >= 11 is 0. The zero-order valence-electron chi connectivity index (χ0n) is 10.7. The Balaban J connectivity index is 2.48. The van der Waals surface area contributed by atoms with Crippen LogP contribution < -0.4 is 5.32 Å². The van der Waals surface area contributed by atoms with Crippen molar-refractivity contribution >= 4 is 11.7 Å². The first-order valence-corrected chi connectivity index (χ1v) is 6.19. The minimum Gasteiger partial charge on any atom is -0.462 e. The normalized spacial score (nSPS) is 13.8. The standard InChI is InChI=1S/C14H19NO2/c1-4-17-14(16)12-8-9(2)13-11(10(12)3)6-5-7-15-13/h8,15H,4-7H2,1-3H3. The van der Waals surface area contributed by atoms with Gasteiger partial charge in [-0.05, 0) is 56.4 Å². The summed E-state index contributed by atoms with van der Waals surface area (Å²) in [6.45, 7) is 7.33. The van der Waals surface area contributed by atoms with Crippen molar-refractivity contribution in [3.63, 3.8) is 0 Å². The second-order valence-corrected chi connectivity index (χ2v) is 4.47. The number of esters is 1. The molecule has 1 aromatic carbocycles. The van der Waals surface area contributed by atoms with Gasteiger partial charge in [-0.3, -0.25) is 0 Å². The van der Waals surface area contributed by atoms with E-state index in [0.29, 0.717) is 12.2 Å². The highest BCUT2D eigenvalue weighted by Crippen LogP contribution is 2.31. The molecular weight excluding hydrogens is 214 g/mol. The molecule has 2 rings (SSSR count). The van der Waals surface area contributed by atoms with Gasteiger partial charge in [-0.15, -0.1) is 0 Å². The molecule has 0 radical (unpaired) electrons. The molecule has 17 heavy (non-hydrogen) atoms. The van der Waals surface area contributed by atoms with Crippen LogP contribution in [0.15, 0.2) is 6.07 Å². The maximum absolute atomic E-state index is 11.9. The molecule has 0 aliphatic carbocycles. The third-order valence-electron chi connectivity index (χ3n) is 3.31. The SMILES string of the molecule is CCOC(=O)c1cc(C)c2c(c1C)CCCN2. The molecule has 1 aliphatic rings. The Kier molecular flexibility index (Phi) is 3.36. The first kappa shape index (κ1) is 12.0. The van der Waals surface area contributed by atoms with Crippen LogP contribution in [0.2, 0.25) is 0 Å². The average Bonchev–Trinajstić information content (AvgIpc) is 2.34. The molecule has 3 nitrogen and oxygen atoms in total. The fourth-order valence-corrected chi connectivity index (χ4v) is 2.44. The Morgan fingerprint density at radius 2 is 2.24 bits per heavy atom. The predicted octanol–water partition coefficient (Wildman–Crippen LogP) is 2.84. The van der Waals surface area contributed by atoms with E-state index in [9.17, 15) is 4.79 Å². The summed E-state index contributed by atoms with van der Waals surface area (Å²) in [5, 5.41) is 3.42. The number of ether oxygens (including phenoxy) is 1. The van der Waals surface area contributed by atoms with Crippen molar-refractivity contribution in [1.82, 2.24) is 0 Å². The van der Waals surface area contributed by atoms with Crippen LogP contribution in [0.1, 0.15) is 40.4 Å². The smallest absolute Gasteiger partial charge is 0.338 e. The van der Waals surface area contributed by atoms with Gasteiger partial charge >= 0.3 is 5.97 Å². The summed E-state index contributed by atoms with van der Waals surface area (Å²) in [7, 11) is 0. The lowest BCUT2D eigenvalue weighted by Crippen LogP contribution is -2.17. The van der Waals surface area contributed by atoms with Crippen molar-refractivity contribution in [3.8, 4) is 0 Å². The summed E-state index contributed by atoms with van der Waals surface area (Å²) < 4.78 is 5.10. The monoisotopic (exact) mass is 233 g/mol. The van der Waals surface area contributed by atoms with Crippen LogP contribution in [-0.2, 0) is 11.2 Å². The highest BCUT2D eigenvalue weighted by Gasteiger charge is 2.20. The quantitative estimate of drug-likeness (QED) is 0.798. The van der Waals surface area contributed by atoms with Crippen molar-refractivity contribution in [2.24, 2.45) is 0 Å². The lowest BCUT2D eigenvalue weighted by atomic mass is 9.91. The lowest BCUT2D eigenvalue weighted by molar-refractivity contribution is 0.0525. The molecule has 1 heterocycles. The van der Waals surface area contributed by atoms with Gasteiger partial charge in [0.2, 0.25) is 0 Å². The van der Waals surface area contributed by atoms with Gasteiger partial charge in [-0.1, -0.05) is 0 Å². The Labute approximate surface area is 102 Å². The number of hydrogen-bond donors (Lipinski definition) is 1. The van der Waals surface area contributed by atoms with Crippen molar-refractivity contribution in [3.05, 3.63) is 28.3 Å². The van der Waals surface area contributed by atoms with Crippen LogP contribution in [0.4, 0.5) is 5.69 Å². The van der Waals surface area contributed by atoms with Crippen LogP contribution in [-0.4, -0.2) is 19.1 Å². The third kappa shape index (κ3) is 2.14. The Morgan fingerprint density at radius 1 is 1.47 bits per heavy atom. The highest BCUT2D eigenvalue weighted by atomic mass is 16.5. The van der Waals surface area contributed by atoms with Gasteiger partial charge in [0.25, 0.3) is 0 Å². The van der Waals surface area contributed by atoms with Gasteiger partial charge < -0.3 is 10.1 Å². The number of hydrogen-bond acceptors (Lipinski definition) is 3. The molecule has 0 bridgehead atoms. The average molecular weight is 233 g/mol. The van der Waals surface area contributed by atoms with E-state index in [1.54, 1.807) is 0 Å².